The third kappa shape index (κ3) is 4.04. The number of amides is 2. The molecule has 9 heteroatoms. The number of likely N-dealkylation sites (tertiary alicyclic amines) is 1. The number of benzene rings is 1. The number of thiazole rings is 2. The minimum Gasteiger partial charge on any atom is -0.349 e. The van der Waals surface area contributed by atoms with Crippen LogP contribution in [0.5, 0.6) is 0 Å². The molecule has 1 saturated heterocycles. The molecular formula is C27H29N5O2S2. The second-order valence-corrected chi connectivity index (χ2v) is 12.3. The van der Waals surface area contributed by atoms with Gasteiger partial charge in [-0.25, -0.2) is 9.97 Å². The molecule has 1 aliphatic carbocycles. The van der Waals surface area contributed by atoms with E-state index in [-0.39, 0.29) is 17.9 Å². The van der Waals surface area contributed by atoms with Crippen LogP contribution in [0.4, 0.5) is 0 Å². The molecule has 6 rings (SSSR count). The van der Waals surface area contributed by atoms with E-state index in [0.29, 0.717) is 35.7 Å². The first-order valence-corrected chi connectivity index (χ1v) is 14.1. The molecule has 1 saturated carbocycles. The fourth-order valence-corrected chi connectivity index (χ4v) is 7.71. The lowest BCUT2D eigenvalue weighted by atomic mass is 9.93. The van der Waals surface area contributed by atoms with Crippen LogP contribution in [0.2, 0.25) is 0 Å². The molecule has 0 bridgehead atoms. The van der Waals surface area contributed by atoms with Crippen molar-refractivity contribution in [2.75, 3.05) is 13.1 Å². The number of carbonyl (C=O) groups excluding carboxylic acids is 2. The lowest BCUT2D eigenvalue weighted by Gasteiger charge is -2.28. The van der Waals surface area contributed by atoms with Gasteiger partial charge in [0.25, 0.3) is 11.8 Å². The van der Waals surface area contributed by atoms with Crippen LogP contribution < -0.4 is 5.32 Å². The molecule has 36 heavy (non-hydrogen) atoms. The van der Waals surface area contributed by atoms with Gasteiger partial charge in [0.05, 0.1) is 22.1 Å². The number of rotatable bonds is 5. The van der Waals surface area contributed by atoms with Crippen molar-refractivity contribution in [2.24, 2.45) is 17.8 Å². The number of nitrogens with one attached hydrogen (secondary N) is 1. The Bertz CT molecular complexity index is 1450. The van der Waals surface area contributed by atoms with Crippen molar-refractivity contribution in [3.8, 4) is 10.4 Å². The van der Waals surface area contributed by atoms with Crippen LogP contribution in [-0.2, 0) is 0 Å². The van der Waals surface area contributed by atoms with E-state index in [2.05, 4.69) is 36.3 Å². The van der Waals surface area contributed by atoms with Gasteiger partial charge < -0.3 is 10.2 Å². The number of aromatic nitrogens is 3. The molecule has 1 aliphatic heterocycles. The zero-order valence-electron chi connectivity index (χ0n) is 20.6. The van der Waals surface area contributed by atoms with Crippen molar-refractivity contribution in [3.05, 3.63) is 64.0 Å². The van der Waals surface area contributed by atoms with Gasteiger partial charge in [0, 0.05) is 24.7 Å². The summed E-state index contributed by atoms with van der Waals surface area (Å²) in [6, 6.07) is 8.19. The summed E-state index contributed by atoms with van der Waals surface area (Å²) >= 11 is 3.07. The number of hydrogen-bond acceptors (Lipinski definition) is 6. The predicted molar refractivity (Wildman–Crippen MR) is 143 cm³/mol. The molecule has 4 aromatic rings. The van der Waals surface area contributed by atoms with Gasteiger partial charge in [0.2, 0.25) is 0 Å². The topological polar surface area (TPSA) is 79.6 Å². The van der Waals surface area contributed by atoms with Gasteiger partial charge in [0.1, 0.15) is 11.4 Å². The molecule has 1 aromatic carbocycles. The Morgan fingerprint density at radius 1 is 1.22 bits per heavy atom. The van der Waals surface area contributed by atoms with Gasteiger partial charge >= 0.3 is 0 Å². The van der Waals surface area contributed by atoms with Gasteiger partial charge in [-0.2, -0.15) is 0 Å². The lowest BCUT2D eigenvalue weighted by Crippen LogP contribution is -2.46. The fraction of sp³-hybridized carbons (Fsp3) is 0.407. The summed E-state index contributed by atoms with van der Waals surface area (Å²) in [5.41, 5.74) is 3.24. The highest BCUT2D eigenvalue weighted by Crippen LogP contribution is 2.46. The number of nitrogens with zero attached hydrogens (tertiary/aromatic N) is 4. The van der Waals surface area contributed by atoms with Crippen molar-refractivity contribution >= 4 is 39.4 Å². The average Bonchev–Trinajstić information content (AvgIpc) is 3.64. The maximum atomic E-state index is 14.0. The molecule has 0 spiro atoms. The molecule has 4 atom stereocenters. The number of imidazole rings is 1. The van der Waals surface area contributed by atoms with Crippen molar-refractivity contribution in [3.63, 3.8) is 0 Å². The normalized spacial score (nSPS) is 23.4. The molecule has 1 N–H and O–H groups in total. The number of carbonyl (C=O) groups is 2. The summed E-state index contributed by atoms with van der Waals surface area (Å²) in [6.45, 7) is 7.46. The zero-order chi connectivity index (χ0) is 25.0. The van der Waals surface area contributed by atoms with Crippen LogP contribution >= 0.6 is 22.7 Å². The second kappa shape index (κ2) is 9.12. The molecule has 2 fully saturated rings. The summed E-state index contributed by atoms with van der Waals surface area (Å²) < 4.78 is 1.81. The van der Waals surface area contributed by atoms with E-state index in [0.717, 1.165) is 45.4 Å². The van der Waals surface area contributed by atoms with E-state index in [1.165, 1.54) is 11.3 Å². The highest BCUT2D eigenvalue weighted by molar-refractivity contribution is 7.15. The first-order valence-electron chi connectivity index (χ1n) is 12.4. The third-order valence-corrected chi connectivity index (χ3v) is 9.43. The van der Waals surface area contributed by atoms with Gasteiger partial charge in [-0.05, 0) is 50.0 Å². The highest BCUT2D eigenvalue weighted by atomic mass is 32.1. The Labute approximate surface area is 218 Å². The first-order chi connectivity index (χ1) is 17.4. The van der Waals surface area contributed by atoms with E-state index in [1.807, 2.05) is 39.9 Å². The maximum absolute atomic E-state index is 14.0. The SMILES string of the molecule is Cc1cccc(-c2sc(C)nc2C(=O)N2CC3CC(C)C[C@@H]3C2CNC(=O)c2cnc3sccn23)c1. The highest BCUT2D eigenvalue weighted by Gasteiger charge is 2.48. The molecule has 3 unspecified atom stereocenters. The van der Waals surface area contributed by atoms with Gasteiger partial charge in [-0.3, -0.25) is 14.0 Å². The summed E-state index contributed by atoms with van der Waals surface area (Å²) in [7, 11) is 0. The van der Waals surface area contributed by atoms with Crippen LogP contribution in [-0.4, -0.2) is 50.2 Å². The summed E-state index contributed by atoms with van der Waals surface area (Å²) in [5, 5.41) is 5.93. The standard InChI is InChI=1S/C27H29N5O2S2/c1-15-5-4-6-18(9-15)24-23(30-17(3)36-24)26(34)32-14-19-10-16(2)11-20(19)21(32)12-28-25(33)22-13-29-27-31(22)7-8-35-27/h4-9,13,16,19-21H,10-12,14H2,1-3H3,(H,28,33)/t16?,19?,20-,21?/m0/s1. The van der Waals surface area contributed by atoms with Crippen LogP contribution in [0, 0.1) is 31.6 Å². The van der Waals surface area contributed by atoms with E-state index < -0.39 is 0 Å². The number of hydrogen-bond donors (Lipinski definition) is 1. The number of fused-ring (bicyclic) bond motifs is 2. The maximum Gasteiger partial charge on any atom is 0.274 e. The Kier molecular flexibility index (Phi) is 5.92. The Hall–Kier alpha value is -3.04. The monoisotopic (exact) mass is 519 g/mol. The van der Waals surface area contributed by atoms with Crippen LogP contribution in [0.1, 0.15) is 51.3 Å². The second-order valence-electron chi connectivity index (χ2n) is 10.2. The third-order valence-electron chi connectivity index (χ3n) is 7.64. The van der Waals surface area contributed by atoms with Crippen LogP contribution in [0.15, 0.2) is 42.0 Å². The minimum absolute atomic E-state index is 0.0262. The Morgan fingerprint density at radius 2 is 2.08 bits per heavy atom. The van der Waals surface area contributed by atoms with Crippen LogP contribution in [0.3, 0.4) is 0 Å². The predicted octanol–water partition coefficient (Wildman–Crippen LogP) is 5.05. The molecular weight excluding hydrogens is 490 g/mol. The molecule has 7 nitrogen and oxygen atoms in total. The fourth-order valence-electron chi connectivity index (χ4n) is 6.11. The van der Waals surface area contributed by atoms with Gasteiger partial charge in [-0.1, -0.05) is 36.8 Å². The molecule has 4 heterocycles. The van der Waals surface area contributed by atoms with Crippen molar-refractivity contribution in [1.29, 1.82) is 0 Å². The largest absolute Gasteiger partial charge is 0.349 e. The molecule has 186 valence electrons. The van der Waals surface area contributed by atoms with Crippen molar-refractivity contribution < 1.29 is 9.59 Å². The quantitative estimate of drug-likeness (QED) is 0.400. The Morgan fingerprint density at radius 3 is 2.92 bits per heavy atom. The molecule has 3 aromatic heterocycles. The number of aryl methyl sites for hydroxylation is 2. The molecule has 2 aliphatic rings. The van der Waals surface area contributed by atoms with Crippen molar-refractivity contribution in [1.82, 2.24) is 24.6 Å². The van der Waals surface area contributed by atoms with Gasteiger partial charge in [0.15, 0.2) is 4.96 Å². The summed E-state index contributed by atoms with van der Waals surface area (Å²) in [5.74, 6) is 1.30. The van der Waals surface area contributed by atoms with E-state index in [4.69, 9.17) is 4.98 Å². The van der Waals surface area contributed by atoms with E-state index >= 15 is 0 Å². The average molecular weight is 520 g/mol. The molecule has 0 radical (unpaired) electrons. The van der Waals surface area contributed by atoms with Crippen molar-refractivity contribution in [2.45, 2.75) is 39.7 Å². The van der Waals surface area contributed by atoms with E-state index in [9.17, 15) is 9.59 Å². The molecule has 2 amide bonds. The lowest BCUT2D eigenvalue weighted by molar-refractivity contribution is 0.0692. The van der Waals surface area contributed by atoms with Gasteiger partial charge in [-0.15, -0.1) is 22.7 Å². The smallest absolute Gasteiger partial charge is 0.274 e. The van der Waals surface area contributed by atoms with E-state index in [1.54, 1.807) is 17.5 Å². The summed E-state index contributed by atoms with van der Waals surface area (Å²) in [6.07, 6.45) is 5.68. The van der Waals surface area contributed by atoms with Crippen LogP contribution in [0.25, 0.3) is 15.4 Å². The minimum atomic E-state index is -0.159. The Balaban J connectivity index is 1.28. The summed E-state index contributed by atoms with van der Waals surface area (Å²) in [4.78, 5) is 39.8. The first kappa shape index (κ1) is 23.4. The zero-order valence-corrected chi connectivity index (χ0v) is 22.2.